The Morgan fingerprint density at radius 2 is 1.75 bits per heavy atom. The molecule has 0 unspecified atom stereocenters. The molecule has 2 aromatic carbocycles. The average Bonchev–Trinajstić information content (AvgIpc) is 2.78. The van der Waals surface area contributed by atoms with Crippen molar-refractivity contribution in [3.63, 3.8) is 0 Å². The molecule has 0 saturated carbocycles. The lowest BCUT2D eigenvalue weighted by Gasteiger charge is -2.10. The fourth-order valence-corrected chi connectivity index (χ4v) is 4.55. The number of phenolic OH excluding ortho intramolecular Hbond substituents is 1. The first-order valence-electron chi connectivity index (χ1n) is 9.40. The second-order valence-electron chi connectivity index (χ2n) is 6.75. The number of nitrogens with zero attached hydrogens (tertiary/aromatic N) is 2. The van der Waals surface area contributed by atoms with E-state index in [1.54, 1.807) is 30.3 Å². The van der Waals surface area contributed by atoms with Crippen LogP contribution in [0.15, 0.2) is 82.3 Å². The quantitative estimate of drug-likeness (QED) is 0.496. The van der Waals surface area contributed by atoms with Gasteiger partial charge in [0, 0.05) is 22.9 Å². The summed E-state index contributed by atoms with van der Waals surface area (Å²) >= 11 is 0. The average molecular weight is 452 g/mol. The van der Waals surface area contributed by atoms with Gasteiger partial charge in [-0.1, -0.05) is 30.3 Å². The maximum absolute atomic E-state index is 13.6. The number of nitrogens with two attached hydrogens (primary N) is 1. The third-order valence-electron chi connectivity index (χ3n) is 4.29. The number of phenols is 1. The van der Waals surface area contributed by atoms with E-state index in [1.807, 2.05) is 0 Å². The molecule has 0 aliphatic carbocycles. The number of nitrogens with one attached hydrogen (secondary N) is 1. The maximum atomic E-state index is 13.6. The molecular formula is C22H20N4O5S. The molecule has 3 amide bonds. The summed E-state index contributed by atoms with van der Waals surface area (Å²) in [6.07, 6.45) is 2.79. The monoisotopic (exact) mass is 452 g/mol. The summed E-state index contributed by atoms with van der Waals surface area (Å²) in [5, 5.41) is 11.9. The summed E-state index contributed by atoms with van der Waals surface area (Å²) < 4.78 is 17.5. The molecule has 4 N–H and O–H groups in total. The lowest BCUT2D eigenvalue weighted by Crippen LogP contribution is -2.36. The van der Waals surface area contributed by atoms with Gasteiger partial charge in [0.1, 0.15) is 11.5 Å². The number of rotatable bonds is 7. The molecule has 1 heterocycles. The molecule has 0 fully saturated rings. The van der Waals surface area contributed by atoms with Gasteiger partial charge in [-0.15, -0.1) is 0 Å². The molecule has 10 heteroatoms. The minimum Gasteiger partial charge on any atom is -0.508 e. The largest absolute Gasteiger partial charge is 0.508 e. The van der Waals surface area contributed by atoms with Gasteiger partial charge in [-0.05, 0) is 35.9 Å². The lowest BCUT2D eigenvalue weighted by atomic mass is 10.1. The van der Waals surface area contributed by atoms with Gasteiger partial charge in [-0.2, -0.15) is 4.36 Å². The van der Waals surface area contributed by atoms with E-state index < -0.39 is 39.7 Å². The van der Waals surface area contributed by atoms with Crippen LogP contribution in [0.3, 0.4) is 0 Å². The maximum Gasteiger partial charge on any atom is 0.286 e. The lowest BCUT2D eigenvalue weighted by molar-refractivity contribution is -0.123. The van der Waals surface area contributed by atoms with E-state index in [0.29, 0.717) is 11.1 Å². The van der Waals surface area contributed by atoms with Crippen molar-refractivity contribution in [3.05, 3.63) is 78.6 Å². The number of pyridine rings is 1. The van der Waals surface area contributed by atoms with E-state index >= 15 is 0 Å². The summed E-state index contributed by atoms with van der Waals surface area (Å²) in [5.74, 6) is -2.89. The van der Waals surface area contributed by atoms with Crippen LogP contribution >= 0.6 is 0 Å². The van der Waals surface area contributed by atoms with Crippen molar-refractivity contribution in [2.75, 3.05) is 12.3 Å². The third kappa shape index (κ3) is 5.76. The number of hydrogen-bond donors (Lipinski definition) is 3. The van der Waals surface area contributed by atoms with Crippen LogP contribution in [-0.4, -0.2) is 44.3 Å². The highest BCUT2D eigenvalue weighted by Crippen LogP contribution is 2.24. The molecule has 9 nitrogen and oxygen atoms in total. The first kappa shape index (κ1) is 22.6. The van der Waals surface area contributed by atoms with E-state index in [4.69, 9.17) is 5.73 Å². The van der Waals surface area contributed by atoms with Crippen LogP contribution in [0.5, 0.6) is 5.75 Å². The van der Waals surface area contributed by atoms with Crippen molar-refractivity contribution < 1.29 is 23.7 Å². The molecular weight excluding hydrogens is 432 g/mol. The van der Waals surface area contributed by atoms with Crippen molar-refractivity contribution in [1.29, 1.82) is 0 Å². The number of aromatic nitrogens is 1. The highest BCUT2D eigenvalue weighted by molar-refractivity contribution is 7.94. The Morgan fingerprint density at radius 3 is 2.44 bits per heavy atom. The second-order valence-corrected chi connectivity index (χ2v) is 8.97. The number of primary amides is 1. The number of aromatic hydroxyl groups is 1. The second kappa shape index (κ2) is 9.84. The van der Waals surface area contributed by atoms with Crippen molar-refractivity contribution in [2.24, 2.45) is 10.1 Å². The predicted molar refractivity (Wildman–Crippen MR) is 118 cm³/mol. The smallest absolute Gasteiger partial charge is 0.286 e. The molecule has 0 saturated heterocycles. The van der Waals surface area contributed by atoms with Crippen LogP contribution in [0.1, 0.15) is 10.4 Å². The van der Waals surface area contributed by atoms with Crippen molar-refractivity contribution >= 4 is 27.5 Å². The van der Waals surface area contributed by atoms with Crippen molar-refractivity contribution in [1.82, 2.24) is 10.3 Å². The third-order valence-corrected chi connectivity index (χ3v) is 6.42. The minimum atomic E-state index is -3.50. The Morgan fingerprint density at radius 1 is 1.00 bits per heavy atom. The Hall–Kier alpha value is -4.05. The van der Waals surface area contributed by atoms with Gasteiger partial charge in [0.05, 0.1) is 21.8 Å². The Bertz CT molecular complexity index is 1280. The van der Waals surface area contributed by atoms with Gasteiger partial charge in [0.15, 0.2) is 0 Å². The van der Waals surface area contributed by atoms with Gasteiger partial charge in [0.2, 0.25) is 11.8 Å². The number of hydrogen-bond acceptors (Lipinski definition) is 6. The summed E-state index contributed by atoms with van der Waals surface area (Å²) in [6, 6.07) is 15.8. The molecule has 164 valence electrons. The number of amides is 3. The Balaban J connectivity index is 1.98. The summed E-state index contributed by atoms with van der Waals surface area (Å²) in [6.45, 7) is -0.424. The van der Waals surface area contributed by atoms with Gasteiger partial charge in [0.25, 0.3) is 5.91 Å². The molecule has 3 rings (SSSR count). The van der Waals surface area contributed by atoms with Crippen LogP contribution in [0.4, 0.5) is 0 Å². The van der Waals surface area contributed by atoms with Gasteiger partial charge in [-0.25, -0.2) is 4.21 Å². The van der Waals surface area contributed by atoms with Crippen LogP contribution in [0.25, 0.3) is 11.1 Å². The topological polar surface area (TPSA) is 152 Å². The number of carbonyl (C=O) groups excluding carboxylic acids is 3. The highest BCUT2D eigenvalue weighted by atomic mass is 32.2. The molecule has 0 radical (unpaired) electrons. The van der Waals surface area contributed by atoms with E-state index in [-0.39, 0.29) is 16.2 Å². The molecule has 3 aromatic rings. The van der Waals surface area contributed by atoms with E-state index in [2.05, 4.69) is 14.7 Å². The van der Waals surface area contributed by atoms with Crippen LogP contribution in [0, 0.1) is 0 Å². The van der Waals surface area contributed by atoms with Crippen LogP contribution < -0.4 is 11.1 Å². The van der Waals surface area contributed by atoms with E-state index in [0.717, 1.165) is 0 Å². The molecule has 0 aliphatic rings. The fraction of sp³-hybridized carbons (Fsp3) is 0.0909. The summed E-state index contributed by atoms with van der Waals surface area (Å²) in [7, 11) is -3.50. The van der Waals surface area contributed by atoms with E-state index in [1.165, 1.54) is 42.7 Å². The van der Waals surface area contributed by atoms with Gasteiger partial charge >= 0.3 is 0 Å². The van der Waals surface area contributed by atoms with Gasteiger partial charge in [-0.3, -0.25) is 19.4 Å². The SMILES string of the molecule is NC(=O)CNC(=O)C[S@@](=O)(=NC(=O)c1cncc(-c2cccc(O)c2)c1)c1ccccc1. The molecule has 1 atom stereocenters. The Kier molecular flexibility index (Phi) is 6.96. The summed E-state index contributed by atoms with van der Waals surface area (Å²) in [4.78, 5) is 40.3. The summed E-state index contributed by atoms with van der Waals surface area (Å²) in [5.41, 5.74) is 6.26. The predicted octanol–water partition coefficient (Wildman–Crippen LogP) is 1.72. The normalized spacial score (nSPS) is 12.4. The molecule has 1 aromatic heterocycles. The molecule has 0 spiro atoms. The van der Waals surface area contributed by atoms with E-state index in [9.17, 15) is 23.7 Å². The zero-order valence-corrected chi connectivity index (χ0v) is 17.6. The molecule has 0 bridgehead atoms. The van der Waals surface area contributed by atoms with Crippen LogP contribution in [0.2, 0.25) is 0 Å². The minimum absolute atomic E-state index is 0.0537. The fourth-order valence-electron chi connectivity index (χ4n) is 2.80. The Labute approximate surface area is 184 Å². The van der Waals surface area contributed by atoms with Gasteiger partial charge < -0.3 is 16.2 Å². The first-order chi connectivity index (χ1) is 15.3. The highest BCUT2D eigenvalue weighted by Gasteiger charge is 2.21. The molecule has 0 aliphatic heterocycles. The zero-order chi connectivity index (χ0) is 23.1. The van der Waals surface area contributed by atoms with Crippen molar-refractivity contribution in [2.45, 2.75) is 4.90 Å². The first-order valence-corrected chi connectivity index (χ1v) is 11.1. The van der Waals surface area contributed by atoms with Crippen LogP contribution in [-0.2, 0) is 19.3 Å². The standard InChI is InChI=1S/C22H20N4O5S/c23-20(28)13-25-21(29)14-32(31,19-7-2-1-3-8-19)26-22(30)17-9-16(11-24-12-17)15-5-4-6-18(27)10-15/h1-12,27H,13-14H2,(H2,23,28)(H,25,29)/t32-/m0/s1. The number of benzene rings is 2. The molecule has 32 heavy (non-hydrogen) atoms. The zero-order valence-electron chi connectivity index (χ0n) is 16.8. The van der Waals surface area contributed by atoms with Crippen molar-refractivity contribution in [3.8, 4) is 16.9 Å². The number of carbonyl (C=O) groups is 3.